The van der Waals surface area contributed by atoms with Gasteiger partial charge in [-0.25, -0.2) is 4.79 Å². The lowest BCUT2D eigenvalue weighted by molar-refractivity contribution is -0.142. The molecule has 0 spiro atoms. The van der Waals surface area contributed by atoms with Crippen molar-refractivity contribution in [3.63, 3.8) is 0 Å². The molecule has 0 aromatic heterocycles. The van der Waals surface area contributed by atoms with Crippen LogP contribution in [0.15, 0.2) is 0 Å². The van der Waals surface area contributed by atoms with Gasteiger partial charge in [-0.3, -0.25) is 9.59 Å². The zero-order valence-electron chi connectivity index (χ0n) is 13.0. The van der Waals surface area contributed by atoms with E-state index in [1.807, 2.05) is 20.8 Å². The number of nitrogens with one attached hydrogen (secondary N) is 2. The van der Waals surface area contributed by atoms with Gasteiger partial charge >= 0.3 is 12.0 Å². The monoisotopic (exact) mass is 299 g/mol. The standard InChI is InChI=1S/C14H25N3O4/c1-8(2)5-15-12(18)10(4)16-14(21)17-6-9(3)11(7-17)13(19)20/h8-11H,5-7H2,1-4H3,(H,15,18)(H,16,21)(H,19,20)/t9-,10?,11-/m1/s1. The highest BCUT2D eigenvalue weighted by Crippen LogP contribution is 2.23. The lowest BCUT2D eigenvalue weighted by Gasteiger charge is -2.20. The first-order valence-electron chi connectivity index (χ1n) is 7.28. The Bertz CT molecular complexity index is 411. The summed E-state index contributed by atoms with van der Waals surface area (Å²) in [5.74, 6) is -1.41. The van der Waals surface area contributed by atoms with Gasteiger partial charge in [0.15, 0.2) is 0 Å². The third kappa shape index (κ3) is 4.91. The van der Waals surface area contributed by atoms with Crippen molar-refractivity contribution in [2.45, 2.75) is 33.7 Å². The molecule has 1 aliphatic rings. The number of urea groups is 1. The Morgan fingerprint density at radius 1 is 1.24 bits per heavy atom. The van der Waals surface area contributed by atoms with Crippen LogP contribution in [0.25, 0.3) is 0 Å². The normalized spacial score (nSPS) is 23.0. The molecule has 0 radical (unpaired) electrons. The molecule has 1 rings (SSSR count). The van der Waals surface area contributed by atoms with Crippen molar-refractivity contribution in [3.8, 4) is 0 Å². The van der Waals surface area contributed by atoms with Crippen LogP contribution in [0.4, 0.5) is 4.79 Å². The van der Waals surface area contributed by atoms with Crippen LogP contribution in [-0.4, -0.2) is 53.6 Å². The smallest absolute Gasteiger partial charge is 0.318 e. The van der Waals surface area contributed by atoms with E-state index >= 15 is 0 Å². The van der Waals surface area contributed by atoms with E-state index in [1.165, 1.54) is 4.90 Å². The van der Waals surface area contributed by atoms with Crippen molar-refractivity contribution in [1.29, 1.82) is 0 Å². The quantitative estimate of drug-likeness (QED) is 0.689. The molecule has 0 saturated carbocycles. The van der Waals surface area contributed by atoms with Crippen LogP contribution >= 0.6 is 0 Å². The third-order valence-electron chi connectivity index (χ3n) is 3.63. The van der Waals surface area contributed by atoms with Gasteiger partial charge in [-0.1, -0.05) is 20.8 Å². The second-order valence-electron chi connectivity index (χ2n) is 6.14. The lowest BCUT2D eigenvalue weighted by atomic mass is 9.99. The van der Waals surface area contributed by atoms with Gasteiger partial charge in [-0.15, -0.1) is 0 Å². The predicted molar refractivity (Wildman–Crippen MR) is 77.7 cm³/mol. The molecule has 7 heteroatoms. The average Bonchev–Trinajstić information content (AvgIpc) is 2.78. The van der Waals surface area contributed by atoms with Crippen molar-refractivity contribution < 1.29 is 19.5 Å². The molecule has 120 valence electrons. The molecule has 0 aromatic rings. The van der Waals surface area contributed by atoms with Crippen molar-refractivity contribution in [3.05, 3.63) is 0 Å². The molecule has 1 aliphatic heterocycles. The minimum atomic E-state index is -0.888. The molecule has 0 aromatic carbocycles. The Labute approximate surface area is 125 Å². The Hall–Kier alpha value is -1.79. The second kappa shape index (κ2) is 7.28. The molecule has 1 saturated heterocycles. The molecule has 3 N–H and O–H groups in total. The summed E-state index contributed by atoms with van der Waals surface area (Å²) in [4.78, 5) is 36.3. The first-order chi connectivity index (χ1) is 9.72. The van der Waals surface area contributed by atoms with Crippen molar-refractivity contribution in [1.82, 2.24) is 15.5 Å². The number of nitrogens with zero attached hydrogens (tertiary/aromatic N) is 1. The van der Waals surface area contributed by atoms with Crippen molar-refractivity contribution in [2.75, 3.05) is 19.6 Å². The summed E-state index contributed by atoms with van der Waals surface area (Å²) >= 11 is 0. The first-order valence-corrected chi connectivity index (χ1v) is 7.28. The molecule has 1 unspecified atom stereocenters. The highest BCUT2D eigenvalue weighted by molar-refractivity contribution is 5.87. The van der Waals surface area contributed by atoms with Gasteiger partial charge in [0.05, 0.1) is 5.92 Å². The zero-order chi connectivity index (χ0) is 16.2. The molecule has 7 nitrogen and oxygen atoms in total. The number of aliphatic carboxylic acids is 1. The third-order valence-corrected chi connectivity index (χ3v) is 3.63. The summed E-state index contributed by atoms with van der Waals surface area (Å²) in [6, 6.07) is -1.03. The number of carbonyl (C=O) groups is 3. The van der Waals surface area contributed by atoms with E-state index in [2.05, 4.69) is 10.6 Å². The topological polar surface area (TPSA) is 98.7 Å². The van der Waals surface area contributed by atoms with Crippen LogP contribution in [0, 0.1) is 17.8 Å². The average molecular weight is 299 g/mol. The van der Waals surface area contributed by atoms with Crippen LogP contribution < -0.4 is 10.6 Å². The fraction of sp³-hybridized carbons (Fsp3) is 0.786. The van der Waals surface area contributed by atoms with E-state index in [4.69, 9.17) is 5.11 Å². The number of rotatable bonds is 5. The summed E-state index contributed by atoms with van der Waals surface area (Å²) in [5.41, 5.74) is 0. The summed E-state index contributed by atoms with van der Waals surface area (Å²) in [6.45, 7) is 8.53. The predicted octanol–water partition coefficient (Wildman–Crippen LogP) is 0.509. The van der Waals surface area contributed by atoms with Gasteiger partial charge in [-0.05, 0) is 18.8 Å². The molecular formula is C14H25N3O4. The first kappa shape index (κ1) is 17.3. The molecule has 1 fully saturated rings. The van der Waals surface area contributed by atoms with E-state index in [0.717, 1.165) is 0 Å². The van der Waals surface area contributed by atoms with Gasteiger partial charge in [0.1, 0.15) is 6.04 Å². The summed E-state index contributed by atoms with van der Waals surface area (Å²) < 4.78 is 0. The van der Waals surface area contributed by atoms with Gasteiger partial charge < -0.3 is 20.6 Å². The minimum absolute atomic E-state index is 0.0849. The maximum absolute atomic E-state index is 12.1. The molecule has 1 heterocycles. The van der Waals surface area contributed by atoms with Crippen molar-refractivity contribution >= 4 is 17.9 Å². The number of amides is 3. The Morgan fingerprint density at radius 3 is 2.33 bits per heavy atom. The van der Waals surface area contributed by atoms with E-state index in [0.29, 0.717) is 19.0 Å². The largest absolute Gasteiger partial charge is 0.481 e. The molecule has 21 heavy (non-hydrogen) atoms. The summed E-state index contributed by atoms with van der Waals surface area (Å²) in [6.07, 6.45) is 0. The zero-order valence-corrected chi connectivity index (χ0v) is 13.0. The van der Waals surface area contributed by atoms with Crippen molar-refractivity contribution in [2.24, 2.45) is 17.8 Å². The fourth-order valence-corrected chi connectivity index (χ4v) is 2.25. The van der Waals surface area contributed by atoms with Crippen LogP contribution in [0.3, 0.4) is 0 Å². The molecule has 0 aliphatic carbocycles. The molecule has 0 bridgehead atoms. The molecule has 3 amide bonds. The number of likely N-dealkylation sites (tertiary alicyclic amines) is 1. The number of carbonyl (C=O) groups excluding carboxylic acids is 2. The van der Waals surface area contributed by atoms with Gasteiger partial charge in [0.2, 0.25) is 5.91 Å². The maximum Gasteiger partial charge on any atom is 0.318 e. The van der Waals surface area contributed by atoms with Gasteiger partial charge in [0.25, 0.3) is 0 Å². The van der Waals surface area contributed by atoms with E-state index in [9.17, 15) is 14.4 Å². The second-order valence-corrected chi connectivity index (χ2v) is 6.14. The highest BCUT2D eigenvalue weighted by atomic mass is 16.4. The van der Waals surface area contributed by atoms with Crippen LogP contribution in [0.1, 0.15) is 27.7 Å². The fourth-order valence-electron chi connectivity index (χ4n) is 2.25. The Kier molecular flexibility index (Phi) is 5.99. The highest BCUT2D eigenvalue weighted by Gasteiger charge is 2.37. The van der Waals surface area contributed by atoms with Crippen LogP contribution in [0.5, 0.6) is 0 Å². The van der Waals surface area contributed by atoms with E-state index in [-0.39, 0.29) is 18.4 Å². The van der Waals surface area contributed by atoms with Crippen LogP contribution in [-0.2, 0) is 9.59 Å². The lowest BCUT2D eigenvalue weighted by Crippen LogP contribution is -2.50. The van der Waals surface area contributed by atoms with E-state index < -0.39 is 24.0 Å². The Morgan fingerprint density at radius 2 is 1.86 bits per heavy atom. The molecular weight excluding hydrogens is 274 g/mol. The number of hydrogen-bond acceptors (Lipinski definition) is 3. The number of hydrogen-bond donors (Lipinski definition) is 3. The number of carboxylic acids is 1. The number of carboxylic acid groups (broad SMARTS) is 1. The Balaban J connectivity index is 2.46. The van der Waals surface area contributed by atoms with E-state index in [1.54, 1.807) is 6.92 Å². The summed E-state index contributed by atoms with van der Waals surface area (Å²) in [7, 11) is 0. The van der Waals surface area contributed by atoms with Gasteiger partial charge in [0, 0.05) is 19.6 Å². The summed E-state index contributed by atoms with van der Waals surface area (Å²) in [5, 5.41) is 14.4. The molecule has 3 atom stereocenters. The SMILES string of the molecule is CC(C)CNC(=O)C(C)NC(=O)N1C[C@@H](C)[C@H](C(=O)O)C1. The van der Waals surface area contributed by atoms with Gasteiger partial charge in [-0.2, -0.15) is 0 Å². The maximum atomic E-state index is 12.1. The minimum Gasteiger partial charge on any atom is -0.481 e. The van der Waals surface area contributed by atoms with Crippen LogP contribution in [0.2, 0.25) is 0 Å².